The molecule has 2 heterocycles. The van der Waals surface area contributed by atoms with Crippen molar-refractivity contribution in [3.8, 4) is 0 Å². The first-order chi connectivity index (χ1) is 11.9. The first-order valence-corrected chi connectivity index (χ1v) is 9.37. The van der Waals surface area contributed by atoms with E-state index in [9.17, 15) is 4.79 Å². The molecule has 0 radical (unpaired) electrons. The third-order valence-corrected chi connectivity index (χ3v) is 5.11. The van der Waals surface area contributed by atoms with Gasteiger partial charge in [0.15, 0.2) is 0 Å². The molecule has 0 aliphatic carbocycles. The average Bonchev–Trinajstić information content (AvgIpc) is 2.59. The number of halogens is 1. The van der Waals surface area contributed by atoms with Gasteiger partial charge in [-0.25, -0.2) is 9.97 Å². The van der Waals surface area contributed by atoms with Gasteiger partial charge in [0.05, 0.1) is 17.1 Å². The zero-order chi connectivity index (χ0) is 18.0. The van der Waals surface area contributed by atoms with Crippen LogP contribution in [0.5, 0.6) is 0 Å². The molecule has 1 amide bonds. The van der Waals surface area contributed by atoms with E-state index in [1.807, 2.05) is 38.1 Å². The molecule has 132 valence electrons. The summed E-state index contributed by atoms with van der Waals surface area (Å²) in [5.41, 5.74) is 2.91. The molecule has 7 heteroatoms. The summed E-state index contributed by atoms with van der Waals surface area (Å²) in [6.07, 6.45) is 0. The summed E-state index contributed by atoms with van der Waals surface area (Å²) in [5, 5.41) is 2.96. The minimum absolute atomic E-state index is 0.140. The predicted molar refractivity (Wildman–Crippen MR) is 108 cm³/mol. The van der Waals surface area contributed by atoms with Crippen molar-refractivity contribution >= 4 is 40.1 Å². The van der Waals surface area contributed by atoms with E-state index in [2.05, 4.69) is 54.7 Å². The van der Waals surface area contributed by atoms with Crippen LogP contribution in [0.3, 0.4) is 0 Å². The molecule has 1 aliphatic heterocycles. The van der Waals surface area contributed by atoms with Gasteiger partial charge < -0.3 is 15.1 Å². The minimum Gasteiger partial charge on any atom is -0.338 e. The highest BCUT2D eigenvalue weighted by Crippen LogP contribution is 2.22. The number of anilines is 2. The first-order valence-electron chi connectivity index (χ1n) is 8.29. The first kappa shape index (κ1) is 18.1. The fourth-order valence-electron chi connectivity index (χ4n) is 2.81. The molecule has 0 spiro atoms. The molecule has 0 unspecified atom stereocenters. The fraction of sp³-hybridized carbons (Fsp3) is 0.389. The number of hydrogen-bond acceptors (Lipinski definition) is 5. The highest BCUT2D eigenvalue weighted by atomic mass is 127. The Balaban J connectivity index is 1.78. The number of carbonyl (C=O) groups is 1. The monoisotopic (exact) mass is 451 g/mol. The van der Waals surface area contributed by atoms with E-state index in [-0.39, 0.29) is 5.91 Å². The van der Waals surface area contributed by atoms with E-state index in [0.29, 0.717) is 11.3 Å². The van der Waals surface area contributed by atoms with E-state index in [4.69, 9.17) is 0 Å². The summed E-state index contributed by atoms with van der Waals surface area (Å²) in [6.45, 7) is 7.68. The normalized spacial score (nSPS) is 15.3. The number of carbonyl (C=O) groups excluding carboxylic acids is 1. The summed E-state index contributed by atoms with van der Waals surface area (Å²) >= 11 is 2.22. The Morgan fingerprint density at radius 1 is 1.04 bits per heavy atom. The zero-order valence-electron chi connectivity index (χ0n) is 14.7. The van der Waals surface area contributed by atoms with Gasteiger partial charge in [-0.3, -0.25) is 4.79 Å². The Labute approximate surface area is 161 Å². The smallest absolute Gasteiger partial charge is 0.255 e. The highest BCUT2D eigenvalue weighted by molar-refractivity contribution is 14.1. The van der Waals surface area contributed by atoms with Crippen LogP contribution in [-0.2, 0) is 0 Å². The van der Waals surface area contributed by atoms with E-state index >= 15 is 0 Å². The molecule has 1 fully saturated rings. The third kappa shape index (κ3) is 4.27. The van der Waals surface area contributed by atoms with Gasteiger partial charge in [-0.1, -0.05) is 0 Å². The van der Waals surface area contributed by atoms with Gasteiger partial charge in [0, 0.05) is 35.3 Å². The number of amides is 1. The van der Waals surface area contributed by atoms with Crippen LogP contribution >= 0.6 is 22.6 Å². The van der Waals surface area contributed by atoms with Crippen LogP contribution in [0.4, 0.5) is 11.6 Å². The Morgan fingerprint density at radius 3 is 2.16 bits per heavy atom. The van der Waals surface area contributed by atoms with Crippen LogP contribution in [0, 0.1) is 17.4 Å². The standard InChI is InChI=1S/C18H22IN5O/c1-12-16(22-17(25)14-4-6-15(19)7-5-14)13(2)21-18(20-12)24-10-8-23(3)9-11-24/h4-7H,8-11H2,1-3H3,(H,22,25). The molecule has 6 nitrogen and oxygen atoms in total. The zero-order valence-corrected chi connectivity index (χ0v) is 16.9. The van der Waals surface area contributed by atoms with Crippen molar-refractivity contribution in [2.24, 2.45) is 0 Å². The number of hydrogen-bond donors (Lipinski definition) is 1. The predicted octanol–water partition coefficient (Wildman–Crippen LogP) is 2.70. The van der Waals surface area contributed by atoms with Crippen molar-refractivity contribution in [2.45, 2.75) is 13.8 Å². The number of benzene rings is 1. The number of rotatable bonds is 3. The molecule has 0 saturated carbocycles. The van der Waals surface area contributed by atoms with Crippen molar-refractivity contribution in [3.63, 3.8) is 0 Å². The van der Waals surface area contributed by atoms with Gasteiger partial charge in [-0.15, -0.1) is 0 Å². The second-order valence-electron chi connectivity index (χ2n) is 6.32. The summed E-state index contributed by atoms with van der Waals surface area (Å²) in [7, 11) is 2.12. The lowest BCUT2D eigenvalue weighted by Crippen LogP contribution is -2.45. The van der Waals surface area contributed by atoms with E-state index in [0.717, 1.165) is 47.1 Å². The molecule has 1 saturated heterocycles. The lowest BCUT2D eigenvalue weighted by Gasteiger charge is -2.32. The van der Waals surface area contributed by atoms with Gasteiger partial charge in [0.1, 0.15) is 0 Å². The average molecular weight is 451 g/mol. The summed E-state index contributed by atoms with van der Waals surface area (Å²) in [6, 6.07) is 7.48. The number of likely N-dealkylation sites (N-methyl/N-ethyl adjacent to an activating group) is 1. The Bertz CT molecular complexity index is 747. The molecule has 0 atom stereocenters. The van der Waals surface area contributed by atoms with Gasteiger partial charge in [0.25, 0.3) is 5.91 Å². The summed E-state index contributed by atoms with van der Waals surface area (Å²) < 4.78 is 1.10. The molecule has 3 rings (SSSR count). The van der Waals surface area contributed by atoms with Crippen molar-refractivity contribution in [3.05, 3.63) is 44.8 Å². The largest absolute Gasteiger partial charge is 0.338 e. The number of nitrogens with zero attached hydrogens (tertiary/aromatic N) is 4. The lowest BCUT2D eigenvalue weighted by molar-refractivity contribution is 0.102. The lowest BCUT2D eigenvalue weighted by atomic mass is 10.2. The molecule has 1 aromatic heterocycles. The van der Waals surface area contributed by atoms with Gasteiger partial charge in [-0.2, -0.15) is 0 Å². The number of piperazine rings is 1. The number of aryl methyl sites for hydroxylation is 2. The van der Waals surface area contributed by atoms with Crippen LogP contribution in [0.15, 0.2) is 24.3 Å². The Hall–Kier alpha value is -1.74. The molecule has 2 aromatic rings. The third-order valence-electron chi connectivity index (χ3n) is 4.39. The highest BCUT2D eigenvalue weighted by Gasteiger charge is 2.19. The second-order valence-corrected chi connectivity index (χ2v) is 7.57. The molecular formula is C18H22IN5O. The van der Waals surface area contributed by atoms with Crippen molar-refractivity contribution in [1.29, 1.82) is 0 Å². The quantitative estimate of drug-likeness (QED) is 0.728. The number of aromatic nitrogens is 2. The van der Waals surface area contributed by atoms with E-state index < -0.39 is 0 Å². The maximum atomic E-state index is 12.5. The van der Waals surface area contributed by atoms with Gasteiger partial charge >= 0.3 is 0 Å². The second kappa shape index (κ2) is 7.65. The topological polar surface area (TPSA) is 61.4 Å². The molecular weight excluding hydrogens is 429 g/mol. The van der Waals surface area contributed by atoms with E-state index in [1.54, 1.807) is 0 Å². The molecule has 1 aromatic carbocycles. The van der Waals surface area contributed by atoms with Gasteiger partial charge in [0.2, 0.25) is 5.95 Å². The van der Waals surface area contributed by atoms with Crippen molar-refractivity contribution in [1.82, 2.24) is 14.9 Å². The summed E-state index contributed by atoms with van der Waals surface area (Å²) in [5.74, 6) is 0.605. The van der Waals surface area contributed by atoms with Crippen molar-refractivity contribution in [2.75, 3.05) is 43.4 Å². The van der Waals surface area contributed by atoms with Gasteiger partial charge in [-0.05, 0) is 67.8 Å². The Kier molecular flexibility index (Phi) is 5.53. The number of nitrogens with one attached hydrogen (secondary N) is 1. The van der Waals surface area contributed by atoms with Crippen LogP contribution in [-0.4, -0.2) is 54.0 Å². The molecule has 0 bridgehead atoms. The molecule has 25 heavy (non-hydrogen) atoms. The molecule has 1 aliphatic rings. The van der Waals surface area contributed by atoms with Crippen molar-refractivity contribution < 1.29 is 4.79 Å². The SMILES string of the molecule is Cc1nc(N2CCN(C)CC2)nc(C)c1NC(=O)c1ccc(I)cc1. The Morgan fingerprint density at radius 2 is 1.60 bits per heavy atom. The fourth-order valence-corrected chi connectivity index (χ4v) is 3.17. The summed E-state index contributed by atoms with van der Waals surface area (Å²) in [4.78, 5) is 26.2. The van der Waals surface area contributed by atoms with Crippen LogP contribution < -0.4 is 10.2 Å². The maximum absolute atomic E-state index is 12.5. The van der Waals surface area contributed by atoms with E-state index in [1.165, 1.54) is 0 Å². The van der Waals surface area contributed by atoms with Crippen LogP contribution in [0.2, 0.25) is 0 Å². The maximum Gasteiger partial charge on any atom is 0.255 e. The van der Waals surface area contributed by atoms with Crippen LogP contribution in [0.1, 0.15) is 21.7 Å². The molecule has 1 N–H and O–H groups in total. The van der Waals surface area contributed by atoms with Crippen LogP contribution in [0.25, 0.3) is 0 Å². The minimum atomic E-state index is -0.140.